The minimum Gasteiger partial charge on any atom is -1.00 e. The maximum Gasteiger partial charge on any atom is 0.130 e. The number of aliphatic hydroxyl groups is 1. The highest BCUT2D eigenvalue weighted by atomic mass is 35.5. The van der Waals surface area contributed by atoms with Crippen molar-refractivity contribution in [2.45, 2.75) is 19.1 Å². The van der Waals surface area contributed by atoms with E-state index in [1.54, 1.807) is 7.11 Å². The normalized spacial score (nSPS) is 13.3. The van der Waals surface area contributed by atoms with Gasteiger partial charge < -0.3 is 27.6 Å². The molecule has 2 aromatic rings. The molecule has 0 heterocycles. The SMILES string of the molecule is COc1ccccc1/C=C/C[NH2+]C(C)C(O)c1ccccc1.[Cl-]. The monoisotopic (exact) mass is 333 g/mol. The second-order valence-corrected chi connectivity index (χ2v) is 5.33. The fourth-order valence-electron chi connectivity index (χ4n) is 2.38. The van der Waals surface area contributed by atoms with Gasteiger partial charge in [-0.3, -0.25) is 0 Å². The second-order valence-electron chi connectivity index (χ2n) is 5.33. The van der Waals surface area contributed by atoms with E-state index >= 15 is 0 Å². The van der Waals surface area contributed by atoms with Crippen LogP contribution < -0.4 is 22.5 Å². The van der Waals surface area contributed by atoms with Gasteiger partial charge in [0.1, 0.15) is 17.9 Å². The third-order valence-corrected chi connectivity index (χ3v) is 3.72. The molecular formula is C19H24ClNO2. The van der Waals surface area contributed by atoms with Crippen molar-refractivity contribution in [1.82, 2.24) is 0 Å². The molecule has 124 valence electrons. The summed E-state index contributed by atoms with van der Waals surface area (Å²) in [6, 6.07) is 17.8. The van der Waals surface area contributed by atoms with Gasteiger partial charge in [-0.2, -0.15) is 0 Å². The Kier molecular flexibility index (Phi) is 8.41. The van der Waals surface area contributed by atoms with Crippen molar-refractivity contribution in [1.29, 1.82) is 0 Å². The van der Waals surface area contributed by atoms with Crippen LogP contribution in [0.3, 0.4) is 0 Å². The molecule has 0 saturated carbocycles. The first kappa shape index (κ1) is 19.2. The predicted octanol–water partition coefficient (Wildman–Crippen LogP) is -0.602. The number of para-hydroxylation sites is 1. The smallest absolute Gasteiger partial charge is 0.130 e. The molecule has 0 radical (unpaired) electrons. The van der Waals surface area contributed by atoms with Crippen molar-refractivity contribution in [2.75, 3.05) is 13.7 Å². The van der Waals surface area contributed by atoms with Gasteiger partial charge in [0.25, 0.3) is 0 Å². The van der Waals surface area contributed by atoms with E-state index in [2.05, 4.69) is 17.5 Å². The molecule has 2 atom stereocenters. The molecule has 0 aromatic heterocycles. The van der Waals surface area contributed by atoms with Crippen LogP contribution in [0.4, 0.5) is 0 Å². The minimum atomic E-state index is -0.458. The molecule has 0 saturated heterocycles. The van der Waals surface area contributed by atoms with Crippen molar-refractivity contribution in [3.63, 3.8) is 0 Å². The van der Waals surface area contributed by atoms with Crippen molar-refractivity contribution >= 4 is 6.08 Å². The molecule has 2 unspecified atom stereocenters. The highest BCUT2D eigenvalue weighted by Gasteiger charge is 2.17. The number of quaternary nitrogens is 1. The fraction of sp³-hybridized carbons (Fsp3) is 0.263. The van der Waals surface area contributed by atoms with Crippen LogP contribution in [0, 0.1) is 0 Å². The first-order valence-corrected chi connectivity index (χ1v) is 7.58. The molecule has 2 rings (SSSR count). The summed E-state index contributed by atoms with van der Waals surface area (Å²) in [6.07, 6.45) is 3.68. The van der Waals surface area contributed by atoms with Gasteiger partial charge in [0.05, 0.1) is 13.7 Å². The zero-order valence-corrected chi connectivity index (χ0v) is 14.3. The van der Waals surface area contributed by atoms with Crippen LogP contribution in [-0.2, 0) is 0 Å². The lowest BCUT2D eigenvalue weighted by atomic mass is 10.0. The van der Waals surface area contributed by atoms with E-state index in [9.17, 15) is 5.11 Å². The zero-order chi connectivity index (χ0) is 15.8. The van der Waals surface area contributed by atoms with Crippen LogP contribution in [0.25, 0.3) is 6.08 Å². The van der Waals surface area contributed by atoms with Gasteiger partial charge >= 0.3 is 0 Å². The lowest BCUT2D eigenvalue weighted by Crippen LogP contribution is -3.00. The molecule has 0 aliphatic heterocycles. The van der Waals surface area contributed by atoms with Gasteiger partial charge in [-0.05, 0) is 30.7 Å². The Bertz CT molecular complexity index is 601. The number of ether oxygens (including phenoxy) is 1. The predicted molar refractivity (Wildman–Crippen MR) is 89.7 cm³/mol. The molecule has 0 bridgehead atoms. The van der Waals surface area contributed by atoms with Crippen LogP contribution in [0.5, 0.6) is 5.75 Å². The van der Waals surface area contributed by atoms with Crippen LogP contribution >= 0.6 is 0 Å². The lowest BCUT2D eigenvalue weighted by Gasteiger charge is -2.17. The molecule has 4 heteroatoms. The molecule has 23 heavy (non-hydrogen) atoms. The van der Waals surface area contributed by atoms with Gasteiger partial charge in [0.2, 0.25) is 0 Å². The highest BCUT2D eigenvalue weighted by molar-refractivity contribution is 5.57. The van der Waals surface area contributed by atoms with Crippen molar-refractivity contribution in [2.24, 2.45) is 0 Å². The summed E-state index contributed by atoms with van der Waals surface area (Å²) in [4.78, 5) is 0. The second kappa shape index (κ2) is 10.1. The van der Waals surface area contributed by atoms with Crippen molar-refractivity contribution in [3.05, 3.63) is 71.8 Å². The van der Waals surface area contributed by atoms with Gasteiger partial charge in [-0.1, -0.05) is 48.5 Å². The number of hydrogen-bond donors (Lipinski definition) is 2. The van der Waals surface area contributed by atoms with Crippen LogP contribution in [0.2, 0.25) is 0 Å². The average Bonchev–Trinajstić information content (AvgIpc) is 2.59. The number of halogens is 1. The third kappa shape index (κ3) is 5.71. The van der Waals surface area contributed by atoms with Crippen LogP contribution in [0.1, 0.15) is 24.2 Å². The van der Waals surface area contributed by atoms with E-state index in [0.717, 1.165) is 23.4 Å². The van der Waals surface area contributed by atoms with E-state index in [-0.39, 0.29) is 18.4 Å². The van der Waals surface area contributed by atoms with Gasteiger partial charge in [0, 0.05) is 5.56 Å². The summed E-state index contributed by atoms with van der Waals surface area (Å²) in [7, 11) is 1.68. The number of benzene rings is 2. The van der Waals surface area contributed by atoms with E-state index in [1.165, 1.54) is 0 Å². The Balaban J connectivity index is 0.00000264. The molecular weight excluding hydrogens is 310 g/mol. The molecule has 0 fully saturated rings. The Labute approximate surface area is 144 Å². The van der Waals surface area contributed by atoms with Crippen LogP contribution in [-0.4, -0.2) is 24.8 Å². The first-order valence-electron chi connectivity index (χ1n) is 7.58. The number of aliphatic hydroxyl groups excluding tert-OH is 1. The highest BCUT2D eigenvalue weighted by Crippen LogP contribution is 2.18. The van der Waals surface area contributed by atoms with Gasteiger partial charge in [-0.15, -0.1) is 0 Å². The molecule has 3 N–H and O–H groups in total. The molecule has 2 aromatic carbocycles. The molecule has 3 nitrogen and oxygen atoms in total. The van der Waals surface area contributed by atoms with Gasteiger partial charge in [0.15, 0.2) is 0 Å². The maximum absolute atomic E-state index is 10.3. The number of hydrogen-bond acceptors (Lipinski definition) is 2. The van der Waals surface area contributed by atoms with Gasteiger partial charge in [-0.25, -0.2) is 0 Å². The first-order chi connectivity index (χ1) is 10.7. The Morgan fingerprint density at radius 1 is 1.09 bits per heavy atom. The van der Waals surface area contributed by atoms with E-state index < -0.39 is 6.10 Å². The summed E-state index contributed by atoms with van der Waals surface area (Å²) in [5, 5.41) is 12.4. The van der Waals surface area contributed by atoms with Crippen molar-refractivity contribution < 1.29 is 27.6 Å². The zero-order valence-electron chi connectivity index (χ0n) is 13.5. The summed E-state index contributed by atoms with van der Waals surface area (Å²) < 4.78 is 5.32. The average molecular weight is 334 g/mol. The number of rotatable bonds is 7. The molecule has 0 spiro atoms. The number of nitrogens with two attached hydrogens (primary N) is 1. The summed E-state index contributed by atoms with van der Waals surface area (Å²) in [5.41, 5.74) is 2.02. The standard InChI is InChI=1S/C19H23NO2.ClH/c1-15(19(21)17-10-4-3-5-11-17)20-14-8-12-16-9-6-7-13-18(16)22-2;/h3-13,15,19-21H,14H2,1-2H3;1H/b12-8+;. The Hall–Kier alpha value is -1.81. The maximum atomic E-state index is 10.3. The van der Waals surface area contributed by atoms with E-state index in [4.69, 9.17) is 4.74 Å². The Morgan fingerprint density at radius 2 is 1.74 bits per heavy atom. The van der Waals surface area contributed by atoms with E-state index in [0.29, 0.717) is 0 Å². The van der Waals surface area contributed by atoms with Crippen molar-refractivity contribution in [3.8, 4) is 5.75 Å². The Morgan fingerprint density at radius 3 is 2.43 bits per heavy atom. The topological polar surface area (TPSA) is 46.1 Å². The lowest BCUT2D eigenvalue weighted by molar-refractivity contribution is -0.686. The molecule has 0 aliphatic carbocycles. The fourth-order valence-corrected chi connectivity index (χ4v) is 2.38. The quantitative estimate of drug-likeness (QED) is 0.711. The number of methoxy groups -OCH3 is 1. The van der Waals surface area contributed by atoms with Crippen LogP contribution in [0.15, 0.2) is 60.7 Å². The largest absolute Gasteiger partial charge is 1.00 e. The summed E-state index contributed by atoms with van der Waals surface area (Å²) in [5.74, 6) is 0.871. The molecule has 0 aliphatic rings. The summed E-state index contributed by atoms with van der Waals surface area (Å²) >= 11 is 0. The third-order valence-electron chi connectivity index (χ3n) is 3.72. The minimum absolute atomic E-state index is 0. The molecule has 0 amide bonds. The summed E-state index contributed by atoms with van der Waals surface area (Å²) in [6.45, 7) is 2.84. The van der Waals surface area contributed by atoms with E-state index in [1.807, 2.05) is 61.5 Å².